The molecule has 122 valence electrons. The van der Waals surface area contributed by atoms with Crippen molar-refractivity contribution in [3.63, 3.8) is 0 Å². The van der Waals surface area contributed by atoms with Crippen LogP contribution in [0.2, 0.25) is 5.02 Å². The second-order valence-electron chi connectivity index (χ2n) is 5.59. The molecule has 0 radical (unpaired) electrons. The molecule has 3 aromatic rings. The highest BCUT2D eigenvalue weighted by Crippen LogP contribution is 2.18. The Labute approximate surface area is 144 Å². The molecule has 0 fully saturated rings. The molecule has 0 aliphatic heterocycles. The number of rotatable bonds is 4. The van der Waals surface area contributed by atoms with Crippen LogP contribution in [0.1, 0.15) is 21.6 Å². The summed E-state index contributed by atoms with van der Waals surface area (Å²) in [6.45, 7) is 2.26. The maximum Gasteiger partial charge on any atom is 0.253 e. The first-order valence-corrected chi connectivity index (χ1v) is 8.00. The van der Waals surface area contributed by atoms with E-state index in [0.29, 0.717) is 34.8 Å². The predicted molar refractivity (Wildman–Crippen MR) is 93.9 cm³/mol. The van der Waals surface area contributed by atoms with E-state index >= 15 is 0 Å². The third kappa shape index (κ3) is 3.71. The first-order valence-electron chi connectivity index (χ1n) is 7.62. The van der Waals surface area contributed by atoms with Crippen molar-refractivity contribution in [1.29, 1.82) is 0 Å². The van der Waals surface area contributed by atoms with Gasteiger partial charge in [0.2, 0.25) is 0 Å². The van der Waals surface area contributed by atoms with Gasteiger partial charge in [0.25, 0.3) is 5.91 Å². The predicted octanol–water partition coefficient (Wildman–Crippen LogP) is 4.31. The Morgan fingerprint density at radius 1 is 1.17 bits per heavy atom. The third-order valence-corrected chi connectivity index (χ3v) is 4.08. The highest BCUT2D eigenvalue weighted by Gasteiger charge is 2.11. The third-order valence-electron chi connectivity index (χ3n) is 3.83. The molecule has 1 aromatic heterocycles. The highest BCUT2D eigenvalue weighted by atomic mass is 35.5. The van der Waals surface area contributed by atoms with E-state index < -0.39 is 0 Å². The summed E-state index contributed by atoms with van der Waals surface area (Å²) < 4.78 is 13.3. The van der Waals surface area contributed by atoms with E-state index in [2.05, 4.69) is 10.3 Å². The lowest BCUT2D eigenvalue weighted by molar-refractivity contribution is 0.0953. The van der Waals surface area contributed by atoms with Crippen molar-refractivity contribution in [3.05, 3.63) is 76.2 Å². The lowest BCUT2D eigenvalue weighted by Gasteiger charge is -2.09. The molecule has 5 heteroatoms. The van der Waals surface area contributed by atoms with Gasteiger partial charge in [-0.1, -0.05) is 23.7 Å². The van der Waals surface area contributed by atoms with Crippen LogP contribution in [0.5, 0.6) is 0 Å². The van der Waals surface area contributed by atoms with Crippen LogP contribution in [0.25, 0.3) is 10.9 Å². The standard InChI is InChI=1S/C19H16ClFN2O/c1-12-17(10-14-4-7-16(21)11-18(14)23-12)19(24)22-9-8-13-2-5-15(20)6-3-13/h2-7,10-11H,8-9H2,1H3,(H,22,24). The minimum Gasteiger partial charge on any atom is -0.352 e. The maximum atomic E-state index is 13.3. The van der Waals surface area contributed by atoms with Crippen molar-refractivity contribution in [2.24, 2.45) is 0 Å². The van der Waals surface area contributed by atoms with Gasteiger partial charge in [-0.3, -0.25) is 9.78 Å². The van der Waals surface area contributed by atoms with Gasteiger partial charge in [0.1, 0.15) is 5.82 Å². The summed E-state index contributed by atoms with van der Waals surface area (Å²) in [5.41, 5.74) is 2.73. The molecule has 24 heavy (non-hydrogen) atoms. The van der Waals surface area contributed by atoms with E-state index in [1.165, 1.54) is 12.1 Å². The molecule has 0 aliphatic rings. The molecule has 0 unspecified atom stereocenters. The fourth-order valence-electron chi connectivity index (χ4n) is 2.53. The first-order chi connectivity index (χ1) is 11.5. The van der Waals surface area contributed by atoms with E-state index in [0.717, 1.165) is 10.9 Å². The zero-order chi connectivity index (χ0) is 17.1. The van der Waals surface area contributed by atoms with Crippen LogP contribution in [0.4, 0.5) is 4.39 Å². The summed E-state index contributed by atoms with van der Waals surface area (Å²) in [6, 6.07) is 13.6. The Morgan fingerprint density at radius 2 is 1.92 bits per heavy atom. The zero-order valence-electron chi connectivity index (χ0n) is 13.1. The monoisotopic (exact) mass is 342 g/mol. The van der Waals surface area contributed by atoms with E-state index in [1.807, 2.05) is 24.3 Å². The summed E-state index contributed by atoms with van der Waals surface area (Å²) in [5, 5.41) is 4.33. The van der Waals surface area contributed by atoms with Crippen molar-refractivity contribution >= 4 is 28.4 Å². The molecule has 0 saturated carbocycles. The van der Waals surface area contributed by atoms with Gasteiger partial charge in [-0.15, -0.1) is 0 Å². The minimum atomic E-state index is -0.338. The number of halogens is 2. The number of fused-ring (bicyclic) bond motifs is 1. The van der Waals surface area contributed by atoms with Crippen LogP contribution < -0.4 is 5.32 Å². The van der Waals surface area contributed by atoms with Gasteiger partial charge >= 0.3 is 0 Å². The fraction of sp³-hybridized carbons (Fsp3) is 0.158. The fourth-order valence-corrected chi connectivity index (χ4v) is 2.66. The molecule has 2 aromatic carbocycles. The Bertz CT molecular complexity index is 894. The summed E-state index contributed by atoms with van der Waals surface area (Å²) in [4.78, 5) is 16.7. The number of benzene rings is 2. The number of nitrogens with one attached hydrogen (secondary N) is 1. The molecule has 3 rings (SSSR count). The van der Waals surface area contributed by atoms with E-state index in [-0.39, 0.29) is 11.7 Å². The number of hydrogen-bond donors (Lipinski definition) is 1. The van der Waals surface area contributed by atoms with Gasteiger partial charge in [-0.25, -0.2) is 4.39 Å². The molecule has 1 amide bonds. The molecule has 1 N–H and O–H groups in total. The number of nitrogens with zero attached hydrogens (tertiary/aromatic N) is 1. The normalized spacial score (nSPS) is 10.8. The van der Waals surface area contributed by atoms with Crippen molar-refractivity contribution in [2.75, 3.05) is 6.54 Å². The Balaban J connectivity index is 1.70. The van der Waals surface area contributed by atoms with Crippen LogP contribution in [0.15, 0.2) is 48.5 Å². The van der Waals surface area contributed by atoms with Gasteiger partial charge in [0, 0.05) is 23.0 Å². The van der Waals surface area contributed by atoms with Crippen molar-refractivity contribution < 1.29 is 9.18 Å². The Kier molecular flexibility index (Phi) is 4.76. The topological polar surface area (TPSA) is 42.0 Å². The molecule has 0 saturated heterocycles. The second-order valence-corrected chi connectivity index (χ2v) is 6.03. The lowest BCUT2D eigenvalue weighted by atomic mass is 10.1. The largest absolute Gasteiger partial charge is 0.352 e. The van der Waals surface area contributed by atoms with Crippen LogP contribution in [0, 0.1) is 12.7 Å². The number of carbonyl (C=O) groups is 1. The molecule has 1 heterocycles. The van der Waals surface area contributed by atoms with E-state index in [1.54, 1.807) is 19.1 Å². The second kappa shape index (κ2) is 6.97. The van der Waals surface area contributed by atoms with Crippen molar-refractivity contribution in [2.45, 2.75) is 13.3 Å². The van der Waals surface area contributed by atoms with Gasteiger partial charge in [0.05, 0.1) is 16.8 Å². The number of amides is 1. The van der Waals surface area contributed by atoms with Gasteiger partial charge < -0.3 is 5.32 Å². The number of aromatic nitrogens is 1. The van der Waals surface area contributed by atoms with Crippen LogP contribution in [0.3, 0.4) is 0 Å². The van der Waals surface area contributed by atoms with E-state index in [4.69, 9.17) is 11.6 Å². The zero-order valence-corrected chi connectivity index (χ0v) is 13.9. The first kappa shape index (κ1) is 16.4. The van der Waals surface area contributed by atoms with E-state index in [9.17, 15) is 9.18 Å². The summed E-state index contributed by atoms with van der Waals surface area (Å²) in [7, 11) is 0. The van der Waals surface area contributed by atoms with Crippen LogP contribution in [-0.2, 0) is 6.42 Å². The van der Waals surface area contributed by atoms with Gasteiger partial charge in [0.15, 0.2) is 0 Å². The highest BCUT2D eigenvalue weighted by molar-refractivity contribution is 6.30. The summed E-state index contributed by atoms with van der Waals surface area (Å²) >= 11 is 5.85. The Hall–Kier alpha value is -2.46. The number of pyridine rings is 1. The summed E-state index contributed by atoms with van der Waals surface area (Å²) in [5.74, 6) is -0.519. The number of aryl methyl sites for hydroxylation is 1. The molecule has 0 atom stereocenters. The smallest absolute Gasteiger partial charge is 0.253 e. The lowest BCUT2D eigenvalue weighted by Crippen LogP contribution is -2.26. The molecule has 0 spiro atoms. The van der Waals surface area contributed by atoms with Crippen LogP contribution in [-0.4, -0.2) is 17.4 Å². The van der Waals surface area contributed by atoms with Gasteiger partial charge in [-0.05, 0) is 49.2 Å². The number of carbonyl (C=O) groups excluding carboxylic acids is 1. The quantitative estimate of drug-likeness (QED) is 0.767. The van der Waals surface area contributed by atoms with Crippen molar-refractivity contribution in [3.8, 4) is 0 Å². The van der Waals surface area contributed by atoms with Crippen molar-refractivity contribution in [1.82, 2.24) is 10.3 Å². The van der Waals surface area contributed by atoms with Gasteiger partial charge in [-0.2, -0.15) is 0 Å². The molecule has 3 nitrogen and oxygen atoms in total. The molecule has 0 aliphatic carbocycles. The maximum absolute atomic E-state index is 13.3. The molecular formula is C19H16ClFN2O. The average molecular weight is 343 g/mol. The summed E-state index contributed by atoms with van der Waals surface area (Å²) in [6.07, 6.45) is 0.716. The molecular weight excluding hydrogens is 327 g/mol. The number of hydrogen-bond acceptors (Lipinski definition) is 2. The minimum absolute atomic E-state index is 0.180. The SMILES string of the molecule is Cc1nc2cc(F)ccc2cc1C(=O)NCCc1ccc(Cl)cc1. The molecule has 0 bridgehead atoms. The Morgan fingerprint density at radius 3 is 2.67 bits per heavy atom. The average Bonchev–Trinajstić information content (AvgIpc) is 2.56. The van der Waals surface area contributed by atoms with Crippen LogP contribution >= 0.6 is 11.6 Å².